The van der Waals surface area contributed by atoms with Gasteiger partial charge in [-0.1, -0.05) is 18.2 Å². The molecule has 3 heterocycles. The minimum Gasteiger partial charge on any atom is -0.408 e. The van der Waals surface area contributed by atoms with E-state index in [2.05, 4.69) is 10.1 Å². The minimum atomic E-state index is -0.456. The molecule has 5 rings (SSSR count). The number of hydrogen-bond donors (Lipinski definition) is 0. The SMILES string of the molecule is O=c1oc2cc(-c3cnc4cccnn34)ccc2n1Cc1ccc(F)cc1. The molecule has 0 radical (unpaired) electrons. The number of fused-ring (bicyclic) bond motifs is 2. The first-order valence-electron chi connectivity index (χ1n) is 8.36. The van der Waals surface area contributed by atoms with Crippen LogP contribution in [0.1, 0.15) is 5.56 Å². The first-order valence-corrected chi connectivity index (χ1v) is 8.36. The van der Waals surface area contributed by atoms with Crippen LogP contribution in [-0.4, -0.2) is 19.2 Å². The van der Waals surface area contributed by atoms with Crippen molar-refractivity contribution in [2.45, 2.75) is 6.54 Å². The van der Waals surface area contributed by atoms with Crippen molar-refractivity contribution in [3.8, 4) is 11.3 Å². The Morgan fingerprint density at radius 1 is 1.07 bits per heavy atom. The predicted octanol–water partition coefficient (Wildman–Crippen LogP) is 3.49. The molecule has 0 aliphatic carbocycles. The van der Waals surface area contributed by atoms with Gasteiger partial charge in [-0.15, -0.1) is 0 Å². The van der Waals surface area contributed by atoms with Gasteiger partial charge in [-0.05, 0) is 42.0 Å². The van der Waals surface area contributed by atoms with Crippen LogP contribution in [0.4, 0.5) is 4.39 Å². The van der Waals surface area contributed by atoms with Crippen LogP contribution in [0, 0.1) is 5.82 Å². The molecule has 0 N–H and O–H groups in total. The summed E-state index contributed by atoms with van der Waals surface area (Å²) < 4.78 is 21.8. The average Bonchev–Trinajstić information content (AvgIpc) is 3.24. The molecule has 27 heavy (non-hydrogen) atoms. The van der Waals surface area contributed by atoms with Gasteiger partial charge in [0.25, 0.3) is 0 Å². The van der Waals surface area contributed by atoms with E-state index >= 15 is 0 Å². The summed E-state index contributed by atoms with van der Waals surface area (Å²) in [6.07, 6.45) is 3.42. The van der Waals surface area contributed by atoms with Crippen LogP contribution in [0.15, 0.2) is 76.2 Å². The van der Waals surface area contributed by atoms with E-state index in [0.717, 1.165) is 22.5 Å². The van der Waals surface area contributed by atoms with Crippen molar-refractivity contribution >= 4 is 16.7 Å². The number of aromatic nitrogens is 4. The quantitative estimate of drug-likeness (QED) is 0.494. The fourth-order valence-electron chi connectivity index (χ4n) is 3.17. The van der Waals surface area contributed by atoms with Gasteiger partial charge in [0.1, 0.15) is 5.82 Å². The highest BCUT2D eigenvalue weighted by Crippen LogP contribution is 2.25. The van der Waals surface area contributed by atoms with Gasteiger partial charge >= 0.3 is 5.76 Å². The fraction of sp³-hybridized carbons (Fsp3) is 0.0500. The van der Waals surface area contributed by atoms with Gasteiger partial charge in [-0.25, -0.2) is 18.7 Å². The van der Waals surface area contributed by atoms with Crippen LogP contribution >= 0.6 is 0 Å². The lowest BCUT2D eigenvalue weighted by Gasteiger charge is -2.04. The summed E-state index contributed by atoms with van der Waals surface area (Å²) in [5.74, 6) is -0.767. The summed E-state index contributed by atoms with van der Waals surface area (Å²) >= 11 is 0. The molecule has 2 aromatic carbocycles. The van der Waals surface area contributed by atoms with Crippen LogP contribution in [-0.2, 0) is 6.54 Å². The Morgan fingerprint density at radius 2 is 1.93 bits per heavy atom. The van der Waals surface area contributed by atoms with Crippen LogP contribution < -0.4 is 5.76 Å². The highest BCUT2D eigenvalue weighted by molar-refractivity contribution is 5.80. The Labute approximate surface area is 152 Å². The second kappa shape index (κ2) is 5.91. The summed E-state index contributed by atoms with van der Waals surface area (Å²) in [5, 5.41) is 4.31. The van der Waals surface area contributed by atoms with Gasteiger partial charge in [0.2, 0.25) is 0 Å². The van der Waals surface area contributed by atoms with Crippen molar-refractivity contribution < 1.29 is 8.81 Å². The van der Waals surface area contributed by atoms with E-state index in [9.17, 15) is 9.18 Å². The largest absolute Gasteiger partial charge is 0.420 e. The number of imidazole rings is 1. The number of hydrogen-bond acceptors (Lipinski definition) is 4. The monoisotopic (exact) mass is 360 g/mol. The molecule has 0 bridgehead atoms. The van der Waals surface area contributed by atoms with Crippen molar-refractivity contribution in [3.05, 3.63) is 88.9 Å². The molecule has 0 aliphatic rings. The van der Waals surface area contributed by atoms with E-state index in [1.54, 1.807) is 35.1 Å². The topological polar surface area (TPSA) is 65.3 Å². The molecular weight excluding hydrogens is 347 g/mol. The molecule has 0 amide bonds. The van der Waals surface area contributed by atoms with Gasteiger partial charge in [-0.3, -0.25) is 4.57 Å². The summed E-state index contributed by atoms with van der Waals surface area (Å²) in [7, 11) is 0. The number of benzene rings is 2. The lowest BCUT2D eigenvalue weighted by Crippen LogP contribution is -2.14. The van der Waals surface area contributed by atoms with Gasteiger partial charge < -0.3 is 4.42 Å². The lowest BCUT2D eigenvalue weighted by molar-refractivity contribution is 0.517. The standard InChI is InChI=1S/C20H13FN4O2/c21-15-6-3-13(4-7-15)12-24-16-8-5-14(10-18(16)27-20(24)26)17-11-22-19-2-1-9-23-25(17)19/h1-11H,12H2. The zero-order chi connectivity index (χ0) is 18.4. The molecule has 7 heteroatoms. The second-order valence-corrected chi connectivity index (χ2v) is 6.20. The molecule has 0 aliphatic heterocycles. The molecule has 6 nitrogen and oxygen atoms in total. The predicted molar refractivity (Wildman–Crippen MR) is 98.0 cm³/mol. The lowest BCUT2D eigenvalue weighted by atomic mass is 10.1. The molecule has 132 valence electrons. The van der Waals surface area contributed by atoms with E-state index in [4.69, 9.17) is 4.42 Å². The number of halogens is 1. The molecule has 0 atom stereocenters. The van der Waals surface area contributed by atoms with E-state index < -0.39 is 5.76 Å². The van der Waals surface area contributed by atoms with Crippen molar-refractivity contribution in [3.63, 3.8) is 0 Å². The Kier molecular flexibility index (Phi) is 3.39. The van der Waals surface area contributed by atoms with Crippen LogP contribution in [0.25, 0.3) is 28.0 Å². The second-order valence-electron chi connectivity index (χ2n) is 6.20. The van der Waals surface area contributed by atoms with E-state index in [-0.39, 0.29) is 5.82 Å². The normalized spacial score (nSPS) is 11.4. The van der Waals surface area contributed by atoms with Crippen molar-refractivity contribution in [1.29, 1.82) is 0 Å². The zero-order valence-corrected chi connectivity index (χ0v) is 14.0. The summed E-state index contributed by atoms with van der Waals surface area (Å²) in [6.45, 7) is 0.308. The number of nitrogens with zero attached hydrogens (tertiary/aromatic N) is 4. The van der Waals surface area contributed by atoms with Crippen LogP contribution in [0.3, 0.4) is 0 Å². The Morgan fingerprint density at radius 3 is 2.78 bits per heavy atom. The zero-order valence-electron chi connectivity index (χ0n) is 14.0. The molecule has 3 aromatic heterocycles. The van der Waals surface area contributed by atoms with Gasteiger partial charge in [0, 0.05) is 11.8 Å². The van der Waals surface area contributed by atoms with Gasteiger partial charge in [0.05, 0.1) is 24.0 Å². The highest BCUT2D eigenvalue weighted by atomic mass is 19.1. The maximum atomic E-state index is 13.1. The molecule has 0 saturated heterocycles. The first-order chi connectivity index (χ1) is 13.2. The Bertz CT molecular complexity index is 1330. The van der Waals surface area contributed by atoms with Gasteiger partial charge in [0.15, 0.2) is 11.2 Å². The third-order valence-electron chi connectivity index (χ3n) is 4.50. The smallest absolute Gasteiger partial charge is 0.408 e. The molecule has 0 spiro atoms. The highest BCUT2D eigenvalue weighted by Gasteiger charge is 2.13. The number of rotatable bonds is 3. The van der Waals surface area contributed by atoms with Crippen molar-refractivity contribution in [1.82, 2.24) is 19.2 Å². The number of oxazole rings is 1. The Balaban J connectivity index is 1.59. The fourth-order valence-corrected chi connectivity index (χ4v) is 3.17. The van der Waals surface area contributed by atoms with Crippen LogP contribution in [0.2, 0.25) is 0 Å². The summed E-state index contributed by atoms with van der Waals surface area (Å²) in [6, 6.07) is 15.3. The summed E-state index contributed by atoms with van der Waals surface area (Å²) in [5.41, 5.74) is 4.36. The van der Waals surface area contributed by atoms with Gasteiger partial charge in [-0.2, -0.15) is 5.10 Å². The molecule has 0 saturated carbocycles. The van der Waals surface area contributed by atoms with E-state index in [1.807, 2.05) is 24.3 Å². The molecule has 5 aromatic rings. The Hall–Kier alpha value is -3.74. The van der Waals surface area contributed by atoms with Crippen LogP contribution in [0.5, 0.6) is 0 Å². The molecule has 0 unspecified atom stereocenters. The van der Waals surface area contributed by atoms with E-state index in [0.29, 0.717) is 17.6 Å². The van der Waals surface area contributed by atoms with Crippen molar-refractivity contribution in [2.75, 3.05) is 0 Å². The first kappa shape index (κ1) is 15.5. The molecule has 0 fully saturated rings. The summed E-state index contributed by atoms with van der Waals surface area (Å²) in [4.78, 5) is 16.6. The third kappa shape index (κ3) is 2.60. The third-order valence-corrected chi connectivity index (χ3v) is 4.50. The maximum absolute atomic E-state index is 13.1. The molecular formula is C20H13FN4O2. The minimum absolute atomic E-state index is 0.308. The maximum Gasteiger partial charge on any atom is 0.420 e. The van der Waals surface area contributed by atoms with Crippen molar-refractivity contribution in [2.24, 2.45) is 0 Å². The average molecular weight is 360 g/mol. The van der Waals surface area contributed by atoms with E-state index in [1.165, 1.54) is 16.7 Å².